The van der Waals surface area contributed by atoms with E-state index in [0.29, 0.717) is 23.7 Å². The Balaban J connectivity index is 1.99. The third-order valence-electron chi connectivity index (χ3n) is 6.12. The molecule has 0 spiro atoms. The second-order valence-corrected chi connectivity index (χ2v) is 6.88. The van der Waals surface area contributed by atoms with Gasteiger partial charge in [0.05, 0.1) is 11.2 Å². The van der Waals surface area contributed by atoms with E-state index in [1.54, 1.807) is 0 Å². The van der Waals surface area contributed by atoms with Gasteiger partial charge in [-0.2, -0.15) is 0 Å². The lowest BCUT2D eigenvalue weighted by molar-refractivity contribution is -0.199. The number of hydrogen-bond donors (Lipinski definition) is 2. The zero-order valence-corrected chi connectivity index (χ0v) is 10.4. The molecule has 0 aliphatic heterocycles. The molecule has 0 radical (unpaired) electrons. The van der Waals surface area contributed by atoms with E-state index in [1.807, 2.05) is 13.8 Å². The summed E-state index contributed by atoms with van der Waals surface area (Å²) in [5.74, 6) is 1.71. The molecule has 4 fully saturated rings. The summed E-state index contributed by atoms with van der Waals surface area (Å²) in [4.78, 5) is 0. The van der Waals surface area contributed by atoms with Crippen molar-refractivity contribution in [1.82, 2.24) is 0 Å². The van der Waals surface area contributed by atoms with Crippen LogP contribution in [-0.4, -0.2) is 21.4 Å². The van der Waals surface area contributed by atoms with Crippen molar-refractivity contribution >= 4 is 0 Å². The van der Waals surface area contributed by atoms with Crippen molar-refractivity contribution in [1.29, 1.82) is 0 Å². The number of rotatable bonds is 0. The first-order chi connectivity index (χ1) is 7.42. The lowest BCUT2D eigenvalue weighted by Gasteiger charge is -2.59. The van der Waals surface area contributed by atoms with Crippen LogP contribution in [0.25, 0.3) is 0 Å². The number of aliphatic hydroxyl groups is 2. The summed E-state index contributed by atoms with van der Waals surface area (Å²) < 4.78 is 0. The summed E-state index contributed by atoms with van der Waals surface area (Å²) >= 11 is 0. The van der Waals surface area contributed by atoms with Crippen molar-refractivity contribution in [2.75, 3.05) is 0 Å². The SMILES string of the molecule is CC1(O)[C@@H]2C[C@H]3C[C@@H]1CCC[C@@H](C2)[C@]3(C)O. The zero-order chi connectivity index (χ0) is 11.6. The van der Waals surface area contributed by atoms with Crippen molar-refractivity contribution in [3.05, 3.63) is 0 Å². The first-order valence-electron chi connectivity index (χ1n) is 6.87. The van der Waals surface area contributed by atoms with Gasteiger partial charge in [-0.1, -0.05) is 6.42 Å². The molecule has 4 saturated carbocycles. The van der Waals surface area contributed by atoms with E-state index in [9.17, 15) is 10.2 Å². The maximum atomic E-state index is 10.7. The molecule has 4 aliphatic rings. The van der Waals surface area contributed by atoms with Gasteiger partial charge in [0.15, 0.2) is 0 Å². The molecule has 0 amide bonds. The standard InChI is InChI=1S/C14H24O2/c1-13(15)9-4-3-5-10-7-11(13)8-12(6-9)14(10,2)16/h9-12,15-16H,3-8H2,1-2H3/t9-,10-,11-,12+,13?,14-/m0/s1. The Kier molecular flexibility index (Phi) is 2.23. The lowest BCUT2D eigenvalue weighted by Crippen LogP contribution is -2.60. The van der Waals surface area contributed by atoms with E-state index in [4.69, 9.17) is 0 Å². The monoisotopic (exact) mass is 224 g/mol. The predicted molar refractivity (Wildman–Crippen MR) is 62.9 cm³/mol. The minimum Gasteiger partial charge on any atom is -0.390 e. The Bertz CT molecular complexity index is 255. The van der Waals surface area contributed by atoms with E-state index in [1.165, 1.54) is 6.42 Å². The maximum absolute atomic E-state index is 10.7. The molecular formula is C14H24O2. The van der Waals surface area contributed by atoms with Crippen LogP contribution in [0, 0.1) is 23.7 Å². The van der Waals surface area contributed by atoms with Gasteiger partial charge in [-0.15, -0.1) is 0 Å². The van der Waals surface area contributed by atoms with Gasteiger partial charge in [-0.05, 0) is 69.6 Å². The average Bonchev–Trinajstić information content (AvgIpc) is 2.19. The summed E-state index contributed by atoms with van der Waals surface area (Å²) in [5.41, 5.74) is -0.933. The molecule has 0 aromatic rings. The van der Waals surface area contributed by atoms with Crippen LogP contribution in [0.15, 0.2) is 0 Å². The van der Waals surface area contributed by atoms with E-state index in [0.717, 1.165) is 32.1 Å². The first kappa shape index (κ1) is 11.0. The fourth-order valence-corrected chi connectivity index (χ4v) is 4.75. The van der Waals surface area contributed by atoms with Crippen molar-refractivity contribution < 1.29 is 10.2 Å². The third-order valence-corrected chi connectivity index (χ3v) is 6.12. The Morgan fingerprint density at radius 2 is 1.12 bits per heavy atom. The molecule has 4 bridgehead atoms. The molecule has 4 rings (SSSR count). The average molecular weight is 224 g/mol. The van der Waals surface area contributed by atoms with Crippen LogP contribution in [0.4, 0.5) is 0 Å². The second kappa shape index (κ2) is 3.23. The molecule has 0 heterocycles. The summed E-state index contributed by atoms with van der Waals surface area (Å²) in [6.45, 7) is 4.09. The number of hydrogen-bond acceptors (Lipinski definition) is 2. The quantitative estimate of drug-likeness (QED) is 0.663. The highest BCUT2D eigenvalue weighted by Gasteiger charge is 2.57. The Morgan fingerprint density at radius 3 is 1.56 bits per heavy atom. The largest absolute Gasteiger partial charge is 0.390 e. The van der Waals surface area contributed by atoms with Crippen LogP contribution in [0.1, 0.15) is 52.4 Å². The Labute approximate surface area is 98.1 Å². The van der Waals surface area contributed by atoms with Crippen molar-refractivity contribution in [2.45, 2.75) is 63.6 Å². The lowest BCUT2D eigenvalue weighted by atomic mass is 9.50. The normalized spacial score (nSPS) is 60.8. The Morgan fingerprint density at radius 1 is 0.750 bits per heavy atom. The summed E-state index contributed by atoms with van der Waals surface area (Å²) in [6.07, 6.45) is 6.60. The van der Waals surface area contributed by atoms with Gasteiger partial charge in [0.1, 0.15) is 0 Å². The topological polar surface area (TPSA) is 40.5 Å². The molecular weight excluding hydrogens is 200 g/mol. The van der Waals surface area contributed by atoms with Gasteiger partial charge in [-0.3, -0.25) is 0 Å². The van der Waals surface area contributed by atoms with Crippen LogP contribution >= 0.6 is 0 Å². The minimum atomic E-state index is -0.467. The van der Waals surface area contributed by atoms with E-state index < -0.39 is 11.2 Å². The fourth-order valence-electron chi connectivity index (χ4n) is 4.75. The molecule has 6 atom stereocenters. The van der Waals surface area contributed by atoms with E-state index in [2.05, 4.69) is 0 Å². The van der Waals surface area contributed by atoms with Gasteiger partial charge in [0.25, 0.3) is 0 Å². The highest BCUT2D eigenvalue weighted by molar-refractivity contribution is 5.07. The second-order valence-electron chi connectivity index (χ2n) is 6.88. The Hall–Kier alpha value is -0.0800. The third kappa shape index (κ3) is 1.32. The minimum absolute atomic E-state index is 0.420. The van der Waals surface area contributed by atoms with E-state index >= 15 is 0 Å². The van der Waals surface area contributed by atoms with Crippen LogP contribution < -0.4 is 0 Å². The van der Waals surface area contributed by atoms with Gasteiger partial charge in [0, 0.05) is 0 Å². The molecule has 2 heteroatoms. The maximum Gasteiger partial charge on any atom is 0.0676 e. The summed E-state index contributed by atoms with van der Waals surface area (Å²) in [5, 5.41) is 21.4. The van der Waals surface area contributed by atoms with Crippen molar-refractivity contribution in [3.63, 3.8) is 0 Å². The predicted octanol–water partition coefficient (Wildman–Crippen LogP) is 2.33. The molecule has 0 saturated heterocycles. The van der Waals surface area contributed by atoms with Gasteiger partial charge in [-0.25, -0.2) is 0 Å². The van der Waals surface area contributed by atoms with Crippen molar-refractivity contribution in [3.8, 4) is 0 Å². The summed E-state index contributed by atoms with van der Waals surface area (Å²) in [7, 11) is 0. The highest BCUT2D eigenvalue weighted by atomic mass is 16.3. The molecule has 4 aliphatic carbocycles. The number of fused-ring (bicyclic) bond motifs is 2. The van der Waals surface area contributed by atoms with Gasteiger partial charge in [0.2, 0.25) is 0 Å². The van der Waals surface area contributed by atoms with E-state index in [-0.39, 0.29) is 0 Å². The van der Waals surface area contributed by atoms with Crippen LogP contribution in [0.3, 0.4) is 0 Å². The molecule has 1 unspecified atom stereocenters. The zero-order valence-electron chi connectivity index (χ0n) is 10.4. The molecule has 2 nitrogen and oxygen atoms in total. The van der Waals surface area contributed by atoms with Crippen molar-refractivity contribution in [2.24, 2.45) is 23.7 Å². The van der Waals surface area contributed by atoms with Crippen LogP contribution in [0.2, 0.25) is 0 Å². The molecule has 2 N–H and O–H groups in total. The first-order valence-corrected chi connectivity index (χ1v) is 6.87. The van der Waals surface area contributed by atoms with Gasteiger partial charge < -0.3 is 10.2 Å². The molecule has 92 valence electrons. The van der Waals surface area contributed by atoms with Crippen LogP contribution in [-0.2, 0) is 0 Å². The summed E-state index contributed by atoms with van der Waals surface area (Å²) in [6, 6.07) is 0. The fraction of sp³-hybridized carbons (Fsp3) is 1.00. The molecule has 0 aromatic carbocycles. The van der Waals surface area contributed by atoms with Gasteiger partial charge >= 0.3 is 0 Å². The smallest absolute Gasteiger partial charge is 0.0676 e. The molecule has 0 aromatic heterocycles. The molecule has 16 heavy (non-hydrogen) atoms. The van der Waals surface area contributed by atoms with Crippen LogP contribution in [0.5, 0.6) is 0 Å². The highest BCUT2D eigenvalue weighted by Crippen LogP contribution is 2.57.